The van der Waals surface area contributed by atoms with Gasteiger partial charge in [-0.1, -0.05) is 30.3 Å². The maximum atomic E-state index is 12.6. The van der Waals surface area contributed by atoms with Gasteiger partial charge >= 0.3 is 0 Å². The fourth-order valence-corrected chi connectivity index (χ4v) is 3.30. The van der Waals surface area contributed by atoms with Crippen molar-refractivity contribution in [3.63, 3.8) is 0 Å². The Kier molecular flexibility index (Phi) is 5.68. The number of nitrogens with two attached hydrogens (primary N) is 1. The fraction of sp³-hybridized carbons (Fsp3) is 0.333. The molecule has 2 aromatic carbocycles. The second kappa shape index (κ2) is 8.15. The van der Waals surface area contributed by atoms with Gasteiger partial charge in [0.15, 0.2) is 0 Å². The molecule has 1 atom stereocenters. The highest BCUT2D eigenvalue weighted by molar-refractivity contribution is 6.00. The van der Waals surface area contributed by atoms with E-state index in [-0.39, 0.29) is 12.0 Å². The molecule has 2 amide bonds. The van der Waals surface area contributed by atoms with E-state index in [1.807, 2.05) is 24.3 Å². The minimum atomic E-state index is -0.465. The standard InChI is InChI=1S/C21H24N2O3/c1-23(14-17-6-4-5-13-26-17)21(25)16-11-9-15(10-12-16)18-7-2-3-8-19(18)20(22)24/h2-3,7-12,17H,4-6,13-14H2,1H3,(H2,22,24)/t17-/m0/s1. The number of hydrogen-bond acceptors (Lipinski definition) is 3. The van der Waals surface area contributed by atoms with E-state index in [4.69, 9.17) is 10.5 Å². The summed E-state index contributed by atoms with van der Waals surface area (Å²) in [6.45, 7) is 1.38. The molecule has 1 heterocycles. The monoisotopic (exact) mass is 352 g/mol. The predicted molar refractivity (Wildman–Crippen MR) is 101 cm³/mol. The summed E-state index contributed by atoms with van der Waals surface area (Å²) < 4.78 is 5.71. The molecule has 3 rings (SSSR count). The zero-order chi connectivity index (χ0) is 18.5. The van der Waals surface area contributed by atoms with Crippen LogP contribution >= 0.6 is 0 Å². The van der Waals surface area contributed by atoms with Crippen molar-refractivity contribution in [2.45, 2.75) is 25.4 Å². The molecule has 1 fully saturated rings. The zero-order valence-corrected chi connectivity index (χ0v) is 15.0. The Morgan fingerprint density at radius 1 is 1.12 bits per heavy atom. The third-order valence-electron chi connectivity index (χ3n) is 4.73. The summed E-state index contributed by atoms with van der Waals surface area (Å²) in [5.74, 6) is -0.498. The molecule has 5 heteroatoms. The molecule has 0 bridgehead atoms. The van der Waals surface area contributed by atoms with Crippen LogP contribution in [0.4, 0.5) is 0 Å². The van der Waals surface area contributed by atoms with Gasteiger partial charge in [-0.3, -0.25) is 9.59 Å². The van der Waals surface area contributed by atoms with Gasteiger partial charge < -0.3 is 15.4 Å². The molecular weight excluding hydrogens is 328 g/mol. The molecule has 2 N–H and O–H groups in total. The molecule has 0 radical (unpaired) electrons. The Bertz CT molecular complexity index is 780. The van der Waals surface area contributed by atoms with Gasteiger partial charge in [0.05, 0.1) is 6.10 Å². The third kappa shape index (κ3) is 4.11. The largest absolute Gasteiger partial charge is 0.376 e. The number of ether oxygens (including phenoxy) is 1. The van der Waals surface area contributed by atoms with Gasteiger partial charge in [0.25, 0.3) is 5.91 Å². The van der Waals surface area contributed by atoms with Crippen LogP contribution in [0.2, 0.25) is 0 Å². The van der Waals surface area contributed by atoms with E-state index in [1.165, 1.54) is 0 Å². The Hall–Kier alpha value is -2.66. The Balaban J connectivity index is 1.73. The smallest absolute Gasteiger partial charge is 0.253 e. The SMILES string of the molecule is CN(C[C@@H]1CCCCO1)C(=O)c1ccc(-c2ccccc2C(N)=O)cc1. The Morgan fingerprint density at radius 2 is 1.85 bits per heavy atom. The lowest BCUT2D eigenvalue weighted by Crippen LogP contribution is -2.37. The topological polar surface area (TPSA) is 72.6 Å². The van der Waals surface area contributed by atoms with Gasteiger partial charge in [0, 0.05) is 31.3 Å². The van der Waals surface area contributed by atoms with E-state index < -0.39 is 5.91 Å². The van der Waals surface area contributed by atoms with E-state index in [1.54, 1.807) is 36.2 Å². The van der Waals surface area contributed by atoms with Crippen molar-refractivity contribution in [2.24, 2.45) is 5.73 Å². The number of carbonyl (C=O) groups is 2. The van der Waals surface area contributed by atoms with Crippen LogP contribution in [0.1, 0.15) is 40.0 Å². The van der Waals surface area contributed by atoms with Crippen LogP contribution in [0.15, 0.2) is 48.5 Å². The summed E-state index contributed by atoms with van der Waals surface area (Å²) in [6.07, 6.45) is 3.38. The maximum Gasteiger partial charge on any atom is 0.253 e. The molecule has 136 valence electrons. The van der Waals surface area contributed by atoms with Crippen molar-refractivity contribution < 1.29 is 14.3 Å². The maximum absolute atomic E-state index is 12.6. The average molecular weight is 352 g/mol. The lowest BCUT2D eigenvalue weighted by molar-refractivity contribution is -0.000186. The normalized spacial score (nSPS) is 16.9. The first-order chi connectivity index (χ1) is 12.6. The number of amides is 2. The van der Waals surface area contributed by atoms with Crippen LogP contribution in [0, 0.1) is 0 Å². The summed E-state index contributed by atoms with van der Waals surface area (Å²) in [5, 5.41) is 0. The van der Waals surface area contributed by atoms with Gasteiger partial charge in [0.2, 0.25) is 5.91 Å². The third-order valence-corrected chi connectivity index (χ3v) is 4.73. The first kappa shape index (κ1) is 18.1. The summed E-state index contributed by atoms with van der Waals surface area (Å²) in [4.78, 5) is 25.9. The number of carbonyl (C=O) groups excluding carboxylic acids is 2. The summed E-state index contributed by atoms with van der Waals surface area (Å²) >= 11 is 0. The summed E-state index contributed by atoms with van der Waals surface area (Å²) in [5.41, 5.74) is 8.15. The zero-order valence-electron chi connectivity index (χ0n) is 15.0. The van der Waals surface area contributed by atoms with Crippen molar-refractivity contribution in [3.05, 3.63) is 59.7 Å². The molecule has 5 nitrogen and oxygen atoms in total. The molecule has 0 unspecified atom stereocenters. The summed E-state index contributed by atoms with van der Waals surface area (Å²) in [7, 11) is 1.80. The highest BCUT2D eigenvalue weighted by atomic mass is 16.5. The molecule has 2 aromatic rings. The Labute approximate surface area is 153 Å². The molecule has 1 aliphatic rings. The second-order valence-corrected chi connectivity index (χ2v) is 6.66. The van der Waals surface area contributed by atoms with Gasteiger partial charge in [0.1, 0.15) is 0 Å². The first-order valence-corrected chi connectivity index (χ1v) is 8.92. The number of hydrogen-bond donors (Lipinski definition) is 1. The number of primary amides is 1. The number of benzene rings is 2. The second-order valence-electron chi connectivity index (χ2n) is 6.66. The van der Waals surface area contributed by atoms with Crippen molar-refractivity contribution in [2.75, 3.05) is 20.2 Å². The minimum absolute atomic E-state index is 0.0334. The molecule has 26 heavy (non-hydrogen) atoms. The van der Waals surface area contributed by atoms with E-state index >= 15 is 0 Å². The van der Waals surface area contributed by atoms with Crippen LogP contribution in [0.25, 0.3) is 11.1 Å². The average Bonchev–Trinajstić information content (AvgIpc) is 2.68. The van der Waals surface area contributed by atoms with E-state index in [9.17, 15) is 9.59 Å². The quantitative estimate of drug-likeness (QED) is 0.899. The van der Waals surface area contributed by atoms with Crippen LogP contribution in [0.5, 0.6) is 0 Å². The molecule has 1 aliphatic heterocycles. The highest BCUT2D eigenvalue weighted by Crippen LogP contribution is 2.24. The van der Waals surface area contributed by atoms with Crippen molar-refractivity contribution >= 4 is 11.8 Å². The number of rotatable bonds is 5. The molecular formula is C21H24N2O3. The van der Waals surface area contributed by atoms with Crippen LogP contribution in [-0.2, 0) is 4.74 Å². The van der Waals surface area contributed by atoms with Crippen molar-refractivity contribution in [3.8, 4) is 11.1 Å². The molecule has 0 spiro atoms. The lowest BCUT2D eigenvalue weighted by Gasteiger charge is -2.27. The molecule has 0 aliphatic carbocycles. The molecule has 0 aromatic heterocycles. The van der Waals surface area contributed by atoms with Crippen molar-refractivity contribution in [1.82, 2.24) is 4.90 Å². The Morgan fingerprint density at radius 3 is 2.50 bits per heavy atom. The molecule has 0 saturated carbocycles. The fourth-order valence-electron chi connectivity index (χ4n) is 3.30. The lowest BCUT2D eigenvalue weighted by atomic mass is 9.98. The van der Waals surface area contributed by atoms with Crippen LogP contribution < -0.4 is 5.73 Å². The number of likely N-dealkylation sites (N-methyl/N-ethyl adjacent to an activating group) is 1. The van der Waals surface area contributed by atoms with E-state index in [2.05, 4.69) is 0 Å². The highest BCUT2D eigenvalue weighted by Gasteiger charge is 2.20. The minimum Gasteiger partial charge on any atom is -0.376 e. The van der Waals surface area contributed by atoms with E-state index in [0.717, 1.165) is 37.0 Å². The van der Waals surface area contributed by atoms with Crippen LogP contribution in [0.3, 0.4) is 0 Å². The van der Waals surface area contributed by atoms with Crippen LogP contribution in [-0.4, -0.2) is 43.0 Å². The van der Waals surface area contributed by atoms with Gasteiger partial charge in [-0.05, 0) is 48.6 Å². The van der Waals surface area contributed by atoms with Gasteiger partial charge in [-0.15, -0.1) is 0 Å². The van der Waals surface area contributed by atoms with Gasteiger partial charge in [-0.2, -0.15) is 0 Å². The molecule has 1 saturated heterocycles. The summed E-state index contributed by atoms with van der Waals surface area (Å²) in [6, 6.07) is 14.5. The predicted octanol–water partition coefficient (Wildman–Crippen LogP) is 3.09. The van der Waals surface area contributed by atoms with E-state index in [0.29, 0.717) is 17.7 Å². The van der Waals surface area contributed by atoms with Crippen molar-refractivity contribution in [1.29, 1.82) is 0 Å². The van der Waals surface area contributed by atoms with Gasteiger partial charge in [-0.25, -0.2) is 0 Å². The first-order valence-electron chi connectivity index (χ1n) is 8.92. The number of nitrogens with zero attached hydrogens (tertiary/aromatic N) is 1.